The Kier molecular flexibility index (Phi) is 3.57. The first-order chi connectivity index (χ1) is 9.42. The van der Waals surface area contributed by atoms with E-state index in [2.05, 4.69) is 0 Å². The number of fused-ring (bicyclic) bond motifs is 3. The molecule has 3 saturated carbocycles. The molecule has 0 spiro atoms. The molecule has 0 aromatic rings. The van der Waals surface area contributed by atoms with Gasteiger partial charge in [-0.1, -0.05) is 0 Å². The van der Waals surface area contributed by atoms with Gasteiger partial charge in [0.1, 0.15) is 6.04 Å². The average molecular weight is 301 g/mol. The molecule has 2 bridgehead atoms. The lowest BCUT2D eigenvalue weighted by molar-refractivity contribution is -0.140. The van der Waals surface area contributed by atoms with Crippen molar-refractivity contribution in [3.8, 4) is 0 Å². The summed E-state index contributed by atoms with van der Waals surface area (Å²) >= 11 is 0. The van der Waals surface area contributed by atoms with Crippen LogP contribution in [-0.2, 0) is 14.8 Å². The van der Waals surface area contributed by atoms with Gasteiger partial charge in [0.05, 0.1) is 5.75 Å². The SMILES string of the molecule is O=C(O)[C@@H]1CCCN1S(=O)(=O)CC12CCC(CC1)CC2. The predicted octanol–water partition coefficient (Wildman–Crippen LogP) is 1.84. The van der Waals surface area contributed by atoms with Gasteiger partial charge in [-0.05, 0) is 62.7 Å². The zero-order valence-corrected chi connectivity index (χ0v) is 12.6. The molecule has 4 aliphatic rings. The van der Waals surface area contributed by atoms with Gasteiger partial charge < -0.3 is 5.11 Å². The molecule has 0 aromatic carbocycles. The molecule has 1 saturated heterocycles. The van der Waals surface area contributed by atoms with Crippen LogP contribution in [0.1, 0.15) is 51.4 Å². The van der Waals surface area contributed by atoms with Gasteiger partial charge in [-0.15, -0.1) is 0 Å². The summed E-state index contributed by atoms with van der Waals surface area (Å²) in [6, 6.07) is -0.837. The highest BCUT2D eigenvalue weighted by Gasteiger charge is 2.47. The fourth-order valence-electron chi connectivity index (χ4n) is 4.35. The van der Waals surface area contributed by atoms with Gasteiger partial charge in [0, 0.05) is 6.54 Å². The van der Waals surface area contributed by atoms with Crippen molar-refractivity contribution in [2.45, 2.75) is 57.4 Å². The van der Waals surface area contributed by atoms with Crippen LogP contribution in [0.3, 0.4) is 0 Å². The molecule has 1 atom stereocenters. The van der Waals surface area contributed by atoms with E-state index in [4.69, 9.17) is 0 Å². The van der Waals surface area contributed by atoms with Crippen LogP contribution < -0.4 is 0 Å². The van der Waals surface area contributed by atoms with Crippen molar-refractivity contribution in [1.29, 1.82) is 0 Å². The monoisotopic (exact) mass is 301 g/mol. The maximum atomic E-state index is 12.7. The summed E-state index contributed by atoms with van der Waals surface area (Å²) < 4.78 is 26.6. The van der Waals surface area contributed by atoms with Crippen molar-refractivity contribution in [3.63, 3.8) is 0 Å². The number of aliphatic carboxylic acids is 1. The van der Waals surface area contributed by atoms with E-state index in [1.807, 2.05) is 0 Å². The topological polar surface area (TPSA) is 74.7 Å². The lowest BCUT2D eigenvalue weighted by Crippen LogP contribution is -2.47. The Morgan fingerprint density at radius 1 is 1.15 bits per heavy atom. The first-order valence-corrected chi connectivity index (χ1v) is 9.25. The lowest BCUT2D eigenvalue weighted by Gasteiger charge is -2.46. The molecule has 1 heterocycles. The summed E-state index contributed by atoms with van der Waals surface area (Å²) in [5.74, 6) is -0.0367. The third-order valence-electron chi connectivity index (χ3n) is 5.58. The number of nitrogens with zero attached hydrogens (tertiary/aromatic N) is 1. The van der Waals surface area contributed by atoms with E-state index in [1.165, 1.54) is 4.31 Å². The minimum Gasteiger partial charge on any atom is -0.480 e. The summed E-state index contributed by atoms with van der Waals surface area (Å²) in [6.45, 7) is 0.373. The number of carbonyl (C=O) groups is 1. The van der Waals surface area contributed by atoms with Crippen LogP contribution in [0.5, 0.6) is 0 Å². The molecule has 114 valence electrons. The number of hydrogen-bond acceptors (Lipinski definition) is 3. The molecule has 6 heteroatoms. The molecule has 0 unspecified atom stereocenters. The summed E-state index contributed by atoms with van der Waals surface area (Å²) in [4.78, 5) is 11.2. The Bertz CT molecular complexity index is 480. The summed E-state index contributed by atoms with van der Waals surface area (Å²) in [6.07, 6.45) is 7.57. The van der Waals surface area contributed by atoms with E-state index in [0.717, 1.165) is 44.4 Å². The van der Waals surface area contributed by atoms with E-state index in [0.29, 0.717) is 19.4 Å². The van der Waals surface area contributed by atoms with Crippen LogP contribution in [0.15, 0.2) is 0 Å². The quantitative estimate of drug-likeness (QED) is 0.859. The van der Waals surface area contributed by atoms with E-state index in [-0.39, 0.29) is 11.2 Å². The highest BCUT2D eigenvalue weighted by Crippen LogP contribution is 2.51. The maximum Gasteiger partial charge on any atom is 0.322 e. The third kappa shape index (κ3) is 2.48. The number of hydrogen-bond donors (Lipinski definition) is 1. The molecule has 0 radical (unpaired) electrons. The first kappa shape index (κ1) is 14.3. The van der Waals surface area contributed by atoms with E-state index in [1.54, 1.807) is 0 Å². The van der Waals surface area contributed by atoms with Crippen LogP contribution >= 0.6 is 0 Å². The number of carboxylic acid groups (broad SMARTS) is 1. The highest BCUT2D eigenvalue weighted by atomic mass is 32.2. The Morgan fingerprint density at radius 2 is 1.75 bits per heavy atom. The number of rotatable bonds is 4. The van der Waals surface area contributed by atoms with Gasteiger partial charge in [-0.25, -0.2) is 8.42 Å². The molecular formula is C14H23NO4S. The third-order valence-corrected chi connectivity index (χ3v) is 7.71. The molecule has 20 heavy (non-hydrogen) atoms. The smallest absolute Gasteiger partial charge is 0.322 e. The zero-order valence-electron chi connectivity index (χ0n) is 11.8. The minimum atomic E-state index is -3.45. The molecule has 0 amide bonds. The molecule has 4 fully saturated rings. The fourth-order valence-corrected chi connectivity index (χ4v) is 6.71. The Labute approximate surface area is 120 Å². The first-order valence-electron chi connectivity index (χ1n) is 7.64. The molecule has 1 N–H and O–H groups in total. The molecule has 0 aromatic heterocycles. The van der Waals surface area contributed by atoms with Crippen molar-refractivity contribution in [1.82, 2.24) is 4.31 Å². The van der Waals surface area contributed by atoms with Crippen molar-refractivity contribution in [3.05, 3.63) is 0 Å². The van der Waals surface area contributed by atoms with Crippen LogP contribution in [0.2, 0.25) is 0 Å². The van der Waals surface area contributed by atoms with Crippen molar-refractivity contribution < 1.29 is 18.3 Å². The molecule has 3 aliphatic carbocycles. The zero-order chi connectivity index (χ0) is 14.4. The summed E-state index contributed by atoms with van der Waals surface area (Å²) in [5.41, 5.74) is -0.0702. The second-order valence-corrected chi connectivity index (χ2v) is 8.77. The van der Waals surface area contributed by atoms with Crippen molar-refractivity contribution in [2.24, 2.45) is 11.3 Å². The lowest BCUT2D eigenvalue weighted by atomic mass is 9.62. The Hall–Kier alpha value is -0.620. The van der Waals surface area contributed by atoms with Crippen LogP contribution in [0, 0.1) is 11.3 Å². The van der Waals surface area contributed by atoms with E-state index in [9.17, 15) is 18.3 Å². The standard InChI is InChI=1S/C14H23NO4S/c16-13(17)12-2-1-9-15(12)20(18,19)10-14-6-3-11(4-7-14)5-8-14/h11-12H,1-10H2,(H,16,17)/t11?,12-,14?/m0/s1. The van der Waals surface area contributed by atoms with Crippen LogP contribution in [-0.4, -0.2) is 42.1 Å². The minimum absolute atomic E-state index is 0.0702. The highest BCUT2D eigenvalue weighted by molar-refractivity contribution is 7.89. The largest absolute Gasteiger partial charge is 0.480 e. The van der Waals surface area contributed by atoms with Crippen molar-refractivity contribution >= 4 is 16.0 Å². The second-order valence-electron chi connectivity index (χ2n) is 6.85. The van der Waals surface area contributed by atoms with Gasteiger partial charge in [-0.2, -0.15) is 4.31 Å². The van der Waals surface area contributed by atoms with E-state index >= 15 is 0 Å². The van der Waals surface area contributed by atoms with Gasteiger partial charge >= 0.3 is 5.97 Å². The molecule has 1 aliphatic heterocycles. The van der Waals surface area contributed by atoms with Crippen LogP contribution in [0.25, 0.3) is 0 Å². The number of sulfonamides is 1. The maximum absolute atomic E-state index is 12.7. The van der Waals surface area contributed by atoms with Gasteiger partial charge in [0.2, 0.25) is 10.0 Å². The van der Waals surface area contributed by atoms with Crippen LogP contribution in [0.4, 0.5) is 0 Å². The summed E-state index contributed by atoms with van der Waals surface area (Å²) in [7, 11) is -3.45. The fraction of sp³-hybridized carbons (Fsp3) is 0.929. The average Bonchev–Trinajstić information content (AvgIpc) is 2.90. The Morgan fingerprint density at radius 3 is 2.30 bits per heavy atom. The second kappa shape index (κ2) is 4.98. The number of carboxylic acids is 1. The van der Waals surface area contributed by atoms with Crippen molar-refractivity contribution in [2.75, 3.05) is 12.3 Å². The normalized spacial score (nSPS) is 38.2. The molecular weight excluding hydrogens is 278 g/mol. The Balaban J connectivity index is 1.77. The summed E-state index contributed by atoms with van der Waals surface area (Å²) in [5, 5.41) is 9.18. The van der Waals surface area contributed by atoms with Gasteiger partial charge in [0.15, 0.2) is 0 Å². The van der Waals surface area contributed by atoms with Gasteiger partial charge in [-0.3, -0.25) is 4.79 Å². The predicted molar refractivity (Wildman–Crippen MR) is 74.8 cm³/mol. The molecule has 5 nitrogen and oxygen atoms in total. The van der Waals surface area contributed by atoms with E-state index < -0.39 is 22.0 Å². The molecule has 4 rings (SSSR count). The van der Waals surface area contributed by atoms with Gasteiger partial charge in [0.25, 0.3) is 0 Å².